The largest absolute Gasteiger partial charge is 0.326 e. The molecule has 0 aliphatic heterocycles. The molecule has 88 valence electrons. The van der Waals surface area contributed by atoms with Gasteiger partial charge in [-0.1, -0.05) is 37.1 Å². The Morgan fingerprint density at radius 1 is 1.12 bits per heavy atom. The molecule has 1 aliphatic rings. The van der Waals surface area contributed by atoms with Gasteiger partial charge in [0.15, 0.2) is 0 Å². The Kier molecular flexibility index (Phi) is 4.73. The van der Waals surface area contributed by atoms with Crippen LogP contribution in [-0.4, -0.2) is 5.75 Å². The van der Waals surface area contributed by atoms with Gasteiger partial charge in [-0.05, 0) is 35.6 Å². The predicted octanol–water partition coefficient (Wildman–Crippen LogP) is 3.57. The molecule has 0 unspecified atom stereocenters. The third-order valence-corrected chi connectivity index (χ3v) is 4.65. The second-order valence-electron chi connectivity index (χ2n) is 4.64. The molecule has 1 nitrogen and oxygen atoms in total. The molecule has 0 aromatic heterocycles. The van der Waals surface area contributed by atoms with Crippen molar-refractivity contribution >= 4 is 11.8 Å². The number of thioether (sulfide) groups is 1. The van der Waals surface area contributed by atoms with Crippen molar-refractivity contribution in [2.45, 2.75) is 38.0 Å². The maximum Gasteiger partial charge on any atom is 0.0187 e. The van der Waals surface area contributed by atoms with E-state index in [2.05, 4.69) is 36.0 Å². The Bertz CT molecular complexity index is 318. The van der Waals surface area contributed by atoms with E-state index in [1.165, 1.54) is 42.6 Å². The fourth-order valence-electron chi connectivity index (χ4n) is 2.41. The van der Waals surface area contributed by atoms with Gasteiger partial charge < -0.3 is 5.73 Å². The van der Waals surface area contributed by atoms with Gasteiger partial charge in [-0.25, -0.2) is 0 Å². The molecule has 0 radical (unpaired) electrons. The van der Waals surface area contributed by atoms with Crippen molar-refractivity contribution in [3.05, 3.63) is 35.4 Å². The summed E-state index contributed by atoms with van der Waals surface area (Å²) < 4.78 is 0. The highest BCUT2D eigenvalue weighted by atomic mass is 32.2. The van der Waals surface area contributed by atoms with E-state index in [1.807, 2.05) is 0 Å². The van der Waals surface area contributed by atoms with E-state index < -0.39 is 0 Å². The van der Waals surface area contributed by atoms with Crippen molar-refractivity contribution in [2.75, 3.05) is 5.75 Å². The van der Waals surface area contributed by atoms with Gasteiger partial charge in [0, 0.05) is 12.3 Å². The number of benzene rings is 1. The first kappa shape index (κ1) is 12.0. The summed E-state index contributed by atoms with van der Waals surface area (Å²) >= 11 is 2.08. The van der Waals surface area contributed by atoms with Gasteiger partial charge in [-0.2, -0.15) is 11.8 Å². The van der Waals surface area contributed by atoms with Crippen LogP contribution in [0.3, 0.4) is 0 Å². The minimum absolute atomic E-state index is 0.667. The Morgan fingerprint density at radius 3 is 2.50 bits per heavy atom. The molecule has 2 rings (SSSR count). The summed E-state index contributed by atoms with van der Waals surface area (Å²) in [6.07, 6.45) is 5.80. The lowest BCUT2D eigenvalue weighted by atomic mass is 10.1. The zero-order valence-electron chi connectivity index (χ0n) is 9.82. The molecule has 0 atom stereocenters. The van der Waals surface area contributed by atoms with Crippen molar-refractivity contribution < 1.29 is 0 Å². The molecule has 2 heteroatoms. The second kappa shape index (κ2) is 6.31. The van der Waals surface area contributed by atoms with Crippen molar-refractivity contribution in [3.63, 3.8) is 0 Å². The van der Waals surface area contributed by atoms with Gasteiger partial charge in [0.1, 0.15) is 0 Å². The first-order chi connectivity index (χ1) is 7.90. The monoisotopic (exact) mass is 235 g/mol. The van der Waals surface area contributed by atoms with Gasteiger partial charge in [0.05, 0.1) is 0 Å². The van der Waals surface area contributed by atoms with E-state index in [1.54, 1.807) is 0 Å². The zero-order valence-corrected chi connectivity index (χ0v) is 10.6. The fraction of sp³-hybridized carbons (Fsp3) is 0.571. The maximum atomic E-state index is 5.74. The van der Waals surface area contributed by atoms with Crippen LogP contribution in [0.5, 0.6) is 0 Å². The van der Waals surface area contributed by atoms with Crippen LogP contribution in [0, 0.1) is 5.92 Å². The normalized spacial score (nSPS) is 16.8. The van der Waals surface area contributed by atoms with Crippen molar-refractivity contribution in [2.24, 2.45) is 11.7 Å². The lowest BCUT2D eigenvalue weighted by molar-refractivity contribution is 0.623. The van der Waals surface area contributed by atoms with Crippen LogP contribution in [0.25, 0.3) is 0 Å². The van der Waals surface area contributed by atoms with Crippen LogP contribution < -0.4 is 5.73 Å². The average Bonchev–Trinajstić information content (AvgIpc) is 2.83. The molecule has 1 aromatic carbocycles. The highest BCUT2D eigenvalue weighted by molar-refractivity contribution is 7.98. The number of nitrogens with two attached hydrogens (primary N) is 1. The van der Waals surface area contributed by atoms with Gasteiger partial charge in [-0.3, -0.25) is 0 Å². The number of rotatable bonds is 5. The standard InChI is InChI=1S/C14H21NS/c15-9-13-7-3-4-8-14(13)11-16-10-12-5-1-2-6-12/h3-4,7-8,12H,1-2,5-6,9-11,15H2. The molecule has 0 spiro atoms. The maximum absolute atomic E-state index is 5.74. The van der Waals surface area contributed by atoms with Gasteiger partial charge >= 0.3 is 0 Å². The summed E-state index contributed by atoms with van der Waals surface area (Å²) in [6.45, 7) is 0.667. The molecule has 0 bridgehead atoms. The molecule has 0 amide bonds. The van der Waals surface area contributed by atoms with E-state index >= 15 is 0 Å². The summed E-state index contributed by atoms with van der Waals surface area (Å²) in [5.74, 6) is 3.44. The quantitative estimate of drug-likeness (QED) is 0.844. The highest BCUT2D eigenvalue weighted by Crippen LogP contribution is 2.29. The first-order valence-electron chi connectivity index (χ1n) is 6.24. The van der Waals surface area contributed by atoms with Crippen LogP contribution in [0.2, 0.25) is 0 Å². The molecule has 1 aromatic rings. The van der Waals surface area contributed by atoms with E-state index in [-0.39, 0.29) is 0 Å². The lowest BCUT2D eigenvalue weighted by Crippen LogP contribution is -2.02. The molecular formula is C14H21NS. The Balaban J connectivity index is 1.79. The molecule has 0 heterocycles. The van der Waals surface area contributed by atoms with E-state index in [9.17, 15) is 0 Å². The fourth-order valence-corrected chi connectivity index (χ4v) is 3.70. The van der Waals surface area contributed by atoms with Gasteiger partial charge in [0.2, 0.25) is 0 Å². The molecule has 1 aliphatic carbocycles. The van der Waals surface area contributed by atoms with Crippen molar-refractivity contribution in [1.29, 1.82) is 0 Å². The zero-order chi connectivity index (χ0) is 11.2. The SMILES string of the molecule is NCc1ccccc1CSCC1CCCC1. The van der Waals surface area contributed by atoms with E-state index in [4.69, 9.17) is 5.73 Å². The second-order valence-corrected chi connectivity index (χ2v) is 5.67. The third kappa shape index (κ3) is 3.26. The van der Waals surface area contributed by atoms with E-state index in [0.29, 0.717) is 6.54 Å². The van der Waals surface area contributed by atoms with Gasteiger partial charge in [0.25, 0.3) is 0 Å². The third-order valence-electron chi connectivity index (χ3n) is 3.42. The minimum atomic E-state index is 0.667. The van der Waals surface area contributed by atoms with Crippen molar-refractivity contribution in [1.82, 2.24) is 0 Å². The van der Waals surface area contributed by atoms with Gasteiger partial charge in [-0.15, -0.1) is 0 Å². The molecular weight excluding hydrogens is 214 g/mol. The predicted molar refractivity (Wildman–Crippen MR) is 72.5 cm³/mol. The smallest absolute Gasteiger partial charge is 0.0187 e. The van der Waals surface area contributed by atoms with Crippen LogP contribution in [-0.2, 0) is 12.3 Å². The summed E-state index contributed by atoms with van der Waals surface area (Å²) in [5.41, 5.74) is 8.47. The summed E-state index contributed by atoms with van der Waals surface area (Å²) in [5, 5.41) is 0. The first-order valence-corrected chi connectivity index (χ1v) is 7.40. The van der Waals surface area contributed by atoms with Crippen LogP contribution in [0.15, 0.2) is 24.3 Å². The number of hydrogen-bond donors (Lipinski definition) is 1. The van der Waals surface area contributed by atoms with Crippen molar-refractivity contribution in [3.8, 4) is 0 Å². The molecule has 16 heavy (non-hydrogen) atoms. The summed E-state index contributed by atoms with van der Waals surface area (Å²) in [4.78, 5) is 0. The Hall–Kier alpha value is -0.470. The van der Waals surface area contributed by atoms with Crippen LogP contribution in [0.1, 0.15) is 36.8 Å². The Labute approximate surface area is 103 Å². The molecule has 1 saturated carbocycles. The number of hydrogen-bond acceptors (Lipinski definition) is 2. The van der Waals surface area contributed by atoms with Crippen LogP contribution in [0.4, 0.5) is 0 Å². The van der Waals surface area contributed by atoms with E-state index in [0.717, 1.165) is 11.7 Å². The lowest BCUT2D eigenvalue weighted by Gasteiger charge is -2.10. The summed E-state index contributed by atoms with van der Waals surface area (Å²) in [6, 6.07) is 8.55. The topological polar surface area (TPSA) is 26.0 Å². The Morgan fingerprint density at radius 2 is 1.81 bits per heavy atom. The van der Waals surface area contributed by atoms with Crippen LogP contribution >= 0.6 is 11.8 Å². The minimum Gasteiger partial charge on any atom is -0.326 e. The summed E-state index contributed by atoms with van der Waals surface area (Å²) in [7, 11) is 0. The highest BCUT2D eigenvalue weighted by Gasteiger charge is 2.14. The molecule has 0 saturated heterocycles. The molecule has 2 N–H and O–H groups in total. The molecule has 1 fully saturated rings. The average molecular weight is 235 g/mol.